The van der Waals surface area contributed by atoms with E-state index in [-0.39, 0.29) is 12.1 Å². The minimum Gasteiger partial charge on any atom is -0.427 e. The molecule has 23 heavy (non-hydrogen) atoms. The average molecular weight is 335 g/mol. The second-order valence-electron chi connectivity index (χ2n) is 5.89. The molecule has 0 aliphatic rings. The maximum Gasteiger partial charge on any atom is 0.349 e. The van der Waals surface area contributed by atoms with Crippen molar-refractivity contribution in [2.75, 3.05) is 0 Å². The van der Waals surface area contributed by atoms with Crippen LogP contribution in [0.5, 0.6) is 0 Å². The van der Waals surface area contributed by atoms with Gasteiger partial charge in [0.2, 0.25) is 0 Å². The summed E-state index contributed by atoms with van der Waals surface area (Å²) in [7, 11) is 0. The smallest absolute Gasteiger partial charge is 0.349 e. The monoisotopic (exact) mass is 335 g/mol. The Morgan fingerprint density at radius 3 is 2.65 bits per heavy atom. The Hall–Kier alpha value is -2.02. The van der Waals surface area contributed by atoms with Gasteiger partial charge in [-0.2, -0.15) is 0 Å². The fourth-order valence-electron chi connectivity index (χ4n) is 2.15. The second-order valence-corrected chi connectivity index (χ2v) is 7.15. The van der Waals surface area contributed by atoms with Gasteiger partial charge in [0.15, 0.2) is 0 Å². The van der Waals surface area contributed by atoms with E-state index in [1.807, 2.05) is 6.92 Å². The maximum absolute atomic E-state index is 12.2. The van der Waals surface area contributed by atoms with E-state index in [0.29, 0.717) is 28.7 Å². The van der Waals surface area contributed by atoms with Crippen LogP contribution in [0, 0.1) is 19.8 Å². The molecule has 2 heterocycles. The molecule has 0 bridgehead atoms. The molecule has 7 heteroatoms. The summed E-state index contributed by atoms with van der Waals surface area (Å²) in [5.41, 5.74) is 0.0974. The first kappa shape index (κ1) is 17.3. The van der Waals surface area contributed by atoms with Crippen molar-refractivity contribution in [1.82, 2.24) is 15.5 Å². The van der Waals surface area contributed by atoms with Crippen molar-refractivity contribution in [2.24, 2.45) is 5.92 Å². The van der Waals surface area contributed by atoms with E-state index >= 15 is 0 Å². The Bertz CT molecular complexity index is 749. The minimum atomic E-state index is -0.588. The van der Waals surface area contributed by atoms with Crippen molar-refractivity contribution in [2.45, 2.75) is 47.1 Å². The van der Waals surface area contributed by atoms with Crippen LogP contribution in [0.4, 0.5) is 0 Å². The molecule has 0 saturated carbocycles. The first-order valence-corrected chi connectivity index (χ1v) is 8.39. The summed E-state index contributed by atoms with van der Waals surface area (Å²) in [6, 6.07) is 1.77. The molecular formula is C16H21N3O3S. The Morgan fingerprint density at radius 2 is 2.09 bits per heavy atom. The number of hydrogen-bond donors (Lipinski definition) is 1. The zero-order chi connectivity index (χ0) is 17.0. The third kappa shape index (κ3) is 4.72. The van der Waals surface area contributed by atoms with E-state index in [1.54, 1.807) is 13.0 Å². The van der Waals surface area contributed by atoms with Gasteiger partial charge in [0.1, 0.15) is 21.3 Å². The number of nitrogens with one attached hydrogen (secondary N) is 1. The second kappa shape index (κ2) is 7.50. The van der Waals surface area contributed by atoms with Crippen molar-refractivity contribution in [3.8, 4) is 0 Å². The summed E-state index contributed by atoms with van der Waals surface area (Å²) in [5.74, 6) is 0.705. The third-order valence-electron chi connectivity index (χ3n) is 3.36. The SMILES string of the molecule is Cc1nnc(CNC(=O)c2c(C)cc(CCC(C)C)oc2=O)s1. The predicted molar refractivity (Wildman–Crippen MR) is 88.7 cm³/mol. The zero-order valence-corrected chi connectivity index (χ0v) is 14.6. The molecule has 0 aliphatic heterocycles. The number of nitrogens with zero attached hydrogens (tertiary/aromatic N) is 2. The van der Waals surface area contributed by atoms with Crippen molar-refractivity contribution in [3.63, 3.8) is 0 Å². The van der Waals surface area contributed by atoms with Crippen molar-refractivity contribution in [1.29, 1.82) is 0 Å². The van der Waals surface area contributed by atoms with Crippen LogP contribution < -0.4 is 10.9 Å². The standard InChI is InChI=1S/C16H21N3O3S/c1-9(2)5-6-12-7-10(3)14(16(21)22-12)15(20)17-8-13-19-18-11(4)23-13/h7,9H,5-6,8H2,1-4H3,(H,17,20). The van der Waals surface area contributed by atoms with Gasteiger partial charge in [-0.1, -0.05) is 25.2 Å². The van der Waals surface area contributed by atoms with Gasteiger partial charge >= 0.3 is 5.63 Å². The summed E-state index contributed by atoms with van der Waals surface area (Å²) in [5, 5.41) is 12.0. The largest absolute Gasteiger partial charge is 0.427 e. The normalized spacial score (nSPS) is 11.0. The van der Waals surface area contributed by atoms with Gasteiger partial charge in [-0.15, -0.1) is 10.2 Å². The minimum absolute atomic E-state index is 0.0551. The van der Waals surface area contributed by atoms with Gasteiger partial charge in [0.05, 0.1) is 6.54 Å². The van der Waals surface area contributed by atoms with E-state index in [9.17, 15) is 9.59 Å². The summed E-state index contributed by atoms with van der Waals surface area (Å²) < 4.78 is 5.28. The third-order valence-corrected chi connectivity index (χ3v) is 4.20. The van der Waals surface area contributed by atoms with Crippen LogP contribution in [0.1, 0.15) is 52.0 Å². The fourth-order valence-corrected chi connectivity index (χ4v) is 2.80. The molecule has 0 aliphatic carbocycles. The maximum atomic E-state index is 12.2. The van der Waals surface area contributed by atoms with Gasteiger partial charge in [-0.25, -0.2) is 4.79 Å². The molecule has 0 spiro atoms. The van der Waals surface area contributed by atoms with Gasteiger partial charge in [0.25, 0.3) is 5.91 Å². The topological polar surface area (TPSA) is 85.1 Å². The Labute approximate surface area is 138 Å². The Balaban J connectivity index is 2.09. The van der Waals surface area contributed by atoms with Crippen molar-refractivity contribution in [3.05, 3.63) is 43.4 Å². The molecule has 2 aromatic rings. The quantitative estimate of drug-likeness (QED) is 0.877. The van der Waals surface area contributed by atoms with Crippen LogP contribution in [-0.2, 0) is 13.0 Å². The summed E-state index contributed by atoms with van der Waals surface area (Å²) >= 11 is 1.41. The number of rotatable bonds is 6. The lowest BCUT2D eigenvalue weighted by molar-refractivity contribution is 0.0945. The highest BCUT2D eigenvalue weighted by molar-refractivity contribution is 7.11. The molecule has 124 valence electrons. The first-order chi connectivity index (χ1) is 10.9. The van der Waals surface area contributed by atoms with Crippen LogP contribution in [0.3, 0.4) is 0 Å². The summed E-state index contributed by atoms with van der Waals surface area (Å²) in [6.07, 6.45) is 1.63. The lowest BCUT2D eigenvalue weighted by Gasteiger charge is -2.08. The van der Waals surface area contributed by atoms with Crippen LogP contribution in [0.15, 0.2) is 15.3 Å². The Kier molecular flexibility index (Phi) is 5.65. The van der Waals surface area contributed by atoms with Gasteiger partial charge in [0, 0.05) is 6.42 Å². The van der Waals surface area contributed by atoms with Crippen molar-refractivity contribution < 1.29 is 9.21 Å². The molecule has 0 unspecified atom stereocenters. The highest BCUT2D eigenvalue weighted by atomic mass is 32.1. The zero-order valence-electron chi connectivity index (χ0n) is 13.8. The van der Waals surface area contributed by atoms with Gasteiger partial charge < -0.3 is 9.73 Å². The van der Waals surface area contributed by atoms with E-state index in [2.05, 4.69) is 29.4 Å². The van der Waals surface area contributed by atoms with Crippen LogP contribution in [-0.4, -0.2) is 16.1 Å². The average Bonchev–Trinajstić information content (AvgIpc) is 2.88. The molecule has 2 rings (SSSR count). The van der Waals surface area contributed by atoms with Crippen molar-refractivity contribution >= 4 is 17.2 Å². The molecule has 6 nitrogen and oxygen atoms in total. The van der Waals surface area contributed by atoms with Crippen LogP contribution >= 0.6 is 11.3 Å². The van der Waals surface area contributed by atoms with E-state index in [0.717, 1.165) is 11.4 Å². The molecule has 1 N–H and O–H groups in total. The van der Waals surface area contributed by atoms with E-state index in [4.69, 9.17) is 4.42 Å². The van der Waals surface area contributed by atoms with E-state index < -0.39 is 11.5 Å². The fraction of sp³-hybridized carbons (Fsp3) is 0.500. The number of hydrogen-bond acceptors (Lipinski definition) is 6. The molecule has 0 fully saturated rings. The summed E-state index contributed by atoms with van der Waals surface area (Å²) in [4.78, 5) is 24.3. The predicted octanol–water partition coefficient (Wildman–Crippen LogP) is 2.63. The summed E-state index contributed by atoms with van der Waals surface area (Å²) in [6.45, 7) is 8.07. The van der Waals surface area contributed by atoms with Crippen LogP contribution in [0.2, 0.25) is 0 Å². The lowest BCUT2D eigenvalue weighted by Crippen LogP contribution is -2.29. The van der Waals surface area contributed by atoms with Gasteiger partial charge in [-0.3, -0.25) is 4.79 Å². The molecule has 2 aromatic heterocycles. The molecular weight excluding hydrogens is 314 g/mol. The number of carbonyl (C=O) groups excluding carboxylic acids is 1. The number of amides is 1. The molecule has 0 radical (unpaired) electrons. The van der Waals surface area contributed by atoms with Crippen LogP contribution in [0.25, 0.3) is 0 Å². The van der Waals surface area contributed by atoms with E-state index in [1.165, 1.54) is 11.3 Å². The highest BCUT2D eigenvalue weighted by Crippen LogP contribution is 2.12. The highest BCUT2D eigenvalue weighted by Gasteiger charge is 2.17. The first-order valence-electron chi connectivity index (χ1n) is 7.57. The van der Waals surface area contributed by atoms with Gasteiger partial charge in [-0.05, 0) is 37.8 Å². The number of aromatic nitrogens is 2. The molecule has 0 saturated heterocycles. The Morgan fingerprint density at radius 1 is 1.35 bits per heavy atom. The molecule has 0 atom stereocenters. The molecule has 0 aromatic carbocycles. The number of aryl methyl sites for hydroxylation is 3. The number of carbonyl (C=O) groups is 1. The lowest BCUT2D eigenvalue weighted by atomic mass is 10.0. The molecule has 1 amide bonds.